The van der Waals surface area contributed by atoms with E-state index in [0.717, 1.165) is 11.3 Å². The molecule has 2 aromatic rings. The van der Waals surface area contributed by atoms with Gasteiger partial charge < -0.3 is 15.2 Å². The van der Waals surface area contributed by atoms with Crippen molar-refractivity contribution >= 4 is 17.4 Å². The van der Waals surface area contributed by atoms with E-state index < -0.39 is 0 Å². The molecule has 0 aliphatic rings. The Kier molecular flexibility index (Phi) is 6.55. The highest BCUT2D eigenvalue weighted by Gasteiger charge is 2.21. The van der Waals surface area contributed by atoms with E-state index >= 15 is 0 Å². The van der Waals surface area contributed by atoms with Crippen LogP contribution in [0.15, 0.2) is 24.3 Å². The summed E-state index contributed by atoms with van der Waals surface area (Å²) in [5.74, 6) is -0.516. The van der Waals surface area contributed by atoms with Gasteiger partial charge in [-0.15, -0.1) is 0 Å². The summed E-state index contributed by atoms with van der Waals surface area (Å²) in [5, 5.41) is 2.87. The van der Waals surface area contributed by atoms with Crippen LogP contribution in [-0.4, -0.2) is 36.8 Å². The van der Waals surface area contributed by atoms with Crippen LogP contribution in [0.25, 0.3) is 0 Å². The fourth-order valence-corrected chi connectivity index (χ4v) is 3.19. The summed E-state index contributed by atoms with van der Waals surface area (Å²) in [6.07, 6.45) is 1.29. The Bertz CT molecular complexity index is 798. The number of Topliss-reactive ketones (excluding diaryl/α,β-unsaturated/α-hetero) is 1. The molecule has 0 fully saturated rings. The molecule has 6 heteroatoms. The summed E-state index contributed by atoms with van der Waals surface area (Å²) >= 11 is 0. The van der Waals surface area contributed by atoms with Crippen molar-refractivity contribution in [3.63, 3.8) is 0 Å². The molecule has 0 bridgehead atoms. The number of aromatic nitrogens is 1. The van der Waals surface area contributed by atoms with E-state index in [0.29, 0.717) is 42.9 Å². The Labute approximate surface area is 153 Å². The number of rotatable bonds is 8. The second-order valence-electron chi connectivity index (χ2n) is 6.37. The first-order valence-electron chi connectivity index (χ1n) is 8.83. The maximum atomic E-state index is 13.7. The van der Waals surface area contributed by atoms with Crippen LogP contribution in [0.2, 0.25) is 0 Å². The lowest BCUT2D eigenvalue weighted by molar-refractivity contribution is 0.0947. The van der Waals surface area contributed by atoms with Crippen molar-refractivity contribution in [1.82, 2.24) is 10.3 Å². The van der Waals surface area contributed by atoms with Crippen LogP contribution < -0.4 is 10.2 Å². The highest BCUT2D eigenvalue weighted by atomic mass is 19.1. The largest absolute Gasteiger partial charge is 0.372 e. The summed E-state index contributed by atoms with van der Waals surface area (Å²) in [4.78, 5) is 29.1. The van der Waals surface area contributed by atoms with E-state index in [1.807, 2.05) is 18.9 Å². The molecule has 1 aromatic carbocycles. The number of carbonyl (C=O) groups is 2. The number of amides is 1. The first-order valence-corrected chi connectivity index (χ1v) is 8.83. The van der Waals surface area contributed by atoms with Gasteiger partial charge in [0.05, 0.1) is 5.69 Å². The van der Waals surface area contributed by atoms with Gasteiger partial charge in [-0.2, -0.15) is 0 Å². The van der Waals surface area contributed by atoms with Crippen LogP contribution in [0.5, 0.6) is 0 Å². The molecule has 0 spiro atoms. The van der Waals surface area contributed by atoms with Crippen molar-refractivity contribution < 1.29 is 14.0 Å². The van der Waals surface area contributed by atoms with Crippen LogP contribution in [0, 0.1) is 12.7 Å². The molecule has 0 unspecified atom stereocenters. The van der Waals surface area contributed by atoms with Gasteiger partial charge in [-0.1, -0.05) is 19.1 Å². The van der Waals surface area contributed by atoms with Crippen LogP contribution >= 0.6 is 0 Å². The third-order valence-electron chi connectivity index (χ3n) is 4.44. The molecular formula is C20H26FN3O2. The standard InChI is InChI=1S/C20H26FN3O2/c1-5-15-18(14(3)25)13(2)23-19(15)20(26)22-11-8-12-24(4)17-10-7-6-9-16(17)21/h6-7,9-10,23H,5,8,11-12H2,1-4H3,(H,22,26). The second-order valence-corrected chi connectivity index (χ2v) is 6.37. The average Bonchev–Trinajstić information content (AvgIpc) is 2.95. The van der Waals surface area contributed by atoms with Gasteiger partial charge in [0.25, 0.3) is 5.91 Å². The second kappa shape index (κ2) is 8.65. The maximum absolute atomic E-state index is 13.7. The van der Waals surface area contributed by atoms with Gasteiger partial charge in [0.2, 0.25) is 0 Å². The summed E-state index contributed by atoms with van der Waals surface area (Å²) in [7, 11) is 1.82. The third-order valence-corrected chi connectivity index (χ3v) is 4.44. The number of anilines is 1. The Morgan fingerprint density at radius 3 is 2.58 bits per heavy atom. The number of benzene rings is 1. The van der Waals surface area contributed by atoms with Gasteiger partial charge >= 0.3 is 0 Å². The van der Waals surface area contributed by atoms with Crippen molar-refractivity contribution in [3.8, 4) is 0 Å². The smallest absolute Gasteiger partial charge is 0.268 e. The number of aryl methyl sites for hydroxylation is 1. The maximum Gasteiger partial charge on any atom is 0.268 e. The average molecular weight is 359 g/mol. The number of ketones is 1. The third kappa shape index (κ3) is 4.31. The first kappa shape index (κ1) is 19.7. The molecule has 1 heterocycles. The zero-order chi connectivity index (χ0) is 19.3. The highest BCUT2D eigenvalue weighted by molar-refractivity contribution is 6.02. The van der Waals surface area contributed by atoms with Gasteiger partial charge in [-0.05, 0) is 44.4 Å². The lowest BCUT2D eigenvalue weighted by Gasteiger charge is -2.19. The molecule has 0 aliphatic carbocycles. The number of H-pyrrole nitrogens is 1. The minimum atomic E-state index is -0.259. The molecule has 1 amide bonds. The molecule has 0 radical (unpaired) electrons. The van der Waals surface area contributed by atoms with E-state index in [-0.39, 0.29) is 17.5 Å². The van der Waals surface area contributed by atoms with E-state index in [4.69, 9.17) is 0 Å². The zero-order valence-corrected chi connectivity index (χ0v) is 15.8. The number of para-hydroxylation sites is 1. The Balaban J connectivity index is 1.93. The van der Waals surface area contributed by atoms with Crippen LogP contribution in [-0.2, 0) is 6.42 Å². The van der Waals surface area contributed by atoms with Crippen molar-refractivity contribution in [1.29, 1.82) is 0 Å². The molecule has 0 saturated heterocycles. The van der Waals surface area contributed by atoms with Gasteiger partial charge in [0.1, 0.15) is 11.5 Å². The number of nitrogens with zero attached hydrogens (tertiary/aromatic N) is 1. The van der Waals surface area contributed by atoms with Gasteiger partial charge in [0, 0.05) is 31.4 Å². The monoisotopic (exact) mass is 359 g/mol. The molecule has 5 nitrogen and oxygen atoms in total. The number of carbonyl (C=O) groups excluding carboxylic acids is 2. The number of hydrogen-bond donors (Lipinski definition) is 2. The minimum absolute atomic E-state index is 0.0406. The predicted molar refractivity (Wildman–Crippen MR) is 102 cm³/mol. The predicted octanol–water partition coefficient (Wildman–Crippen LogP) is 3.48. The lowest BCUT2D eigenvalue weighted by Crippen LogP contribution is -2.29. The minimum Gasteiger partial charge on any atom is -0.372 e. The van der Waals surface area contributed by atoms with Crippen molar-refractivity contribution in [2.75, 3.05) is 25.0 Å². The van der Waals surface area contributed by atoms with Crippen molar-refractivity contribution in [2.45, 2.75) is 33.6 Å². The summed E-state index contributed by atoms with van der Waals surface area (Å²) in [6, 6.07) is 6.61. The number of hydrogen-bond acceptors (Lipinski definition) is 3. The Morgan fingerprint density at radius 1 is 1.27 bits per heavy atom. The summed E-state index contributed by atoms with van der Waals surface area (Å²) in [6.45, 7) is 6.32. The summed E-state index contributed by atoms with van der Waals surface area (Å²) in [5.41, 5.74) is 3.09. The van der Waals surface area contributed by atoms with E-state index in [1.165, 1.54) is 13.0 Å². The Hall–Kier alpha value is -2.63. The quantitative estimate of drug-likeness (QED) is 0.560. The molecule has 1 aromatic heterocycles. The van der Waals surface area contributed by atoms with Crippen LogP contribution in [0.3, 0.4) is 0 Å². The molecule has 2 rings (SSSR count). The van der Waals surface area contributed by atoms with E-state index in [9.17, 15) is 14.0 Å². The summed E-state index contributed by atoms with van der Waals surface area (Å²) < 4.78 is 13.7. The fraction of sp³-hybridized carbons (Fsp3) is 0.400. The van der Waals surface area contributed by atoms with Gasteiger partial charge in [0.15, 0.2) is 5.78 Å². The van der Waals surface area contributed by atoms with Gasteiger partial charge in [-0.25, -0.2) is 4.39 Å². The molecule has 0 saturated carbocycles. The molecule has 140 valence electrons. The number of aromatic amines is 1. The van der Waals surface area contributed by atoms with Crippen molar-refractivity contribution in [3.05, 3.63) is 52.6 Å². The van der Waals surface area contributed by atoms with Crippen molar-refractivity contribution in [2.24, 2.45) is 0 Å². The number of nitrogens with one attached hydrogen (secondary N) is 2. The van der Waals surface area contributed by atoms with Crippen LogP contribution in [0.4, 0.5) is 10.1 Å². The molecule has 2 N–H and O–H groups in total. The van der Waals surface area contributed by atoms with Crippen LogP contribution in [0.1, 0.15) is 52.4 Å². The Morgan fingerprint density at radius 2 is 1.96 bits per heavy atom. The SMILES string of the molecule is CCc1c(C(=O)NCCCN(C)c2ccccc2F)[nH]c(C)c1C(C)=O. The highest BCUT2D eigenvalue weighted by Crippen LogP contribution is 2.20. The molecule has 26 heavy (non-hydrogen) atoms. The lowest BCUT2D eigenvalue weighted by atomic mass is 10.0. The topological polar surface area (TPSA) is 65.2 Å². The van der Waals surface area contributed by atoms with E-state index in [2.05, 4.69) is 10.3 Å². The normalized spacial score (nSPS) is 10.7. The zero-order valence-electron chi connectivity index (χ0n) is 15.8. The molecule has 0 aliphatic heterocycles. The van der Waals surface area contributed by atoms with E-state index in [1.54, 1.807) is 25.1 Å². The fourth-order valence-electron chi connectivity index (χ4n) is 3.19. The number of halogens is 1. The molecular weight excluding hydrogens is 333 g/mol. The first-order chi connectivity index (χ1) is 12.4. The van der Waals surface area contributed by atoms with Gasteiger partial charge in [-0.3, -0.25) is 9.59 Å². The molecule has 0 atom stereocenters.